The van der Waals surface area contributed by atoms with E-state index in [2.05, 4.69) is 60.0 Å². The van der Waals surface area contributed by atoms with Gasteiger partial charge in [-0.2, -0.15) is 0 Å². The fourth-order valence-electron chi connectivity index (χ4n) is 2.07. The Morgan fingerprint density at radius 2 is 2.14 bits per heavy atom. The fraction of sp³-hybridized carbons (Fsp3) is 0.125. The van der Waals surface area contributed by atoms with E-state index in [9.17, 15) is 0 Å². The summed E-state index contributed by atoms with van der Waals surface area (Å²) in [6, 6.07) is 12.4. The second kappa shape index (κ2) is 6.54. The van der Waals surface area contributed by atoms with Crippen LogP contribution in [-0.2, 0) is 13.1 Å². The molecule has 0 atom stereocenters. The van der Waals surface area contributed by atoms with Crippen molar-refractivity contribution in [1.82, 2.24) is 14.5 Å². The van der Waals surface area contributed by atoms with Gasteiger partial charge in [-0.05, 0) is 45.8 Å². The highest BCUT2D eigenvalue weighted by molar-refractivity contribution is 9.10. The first-order chi connectivity index (χ1) is 10.3. The van der Waals surface area contributed by atoms with E-state index in [1.165, 1.54) is 5.56 Å². The minimum absolute atomic E-state index is 0.710. The smallest absolute Gasteiger partial charge is 0.0949 e. The van der Waals surface area contributed by atoms with E-state index in [0.29, 0.717) is 6.54 Å². The molecule has 3 rings (SSSR count). The van der Waals surface area contributed by atoms with Crippen molar-refractivity contribution < 1.29 is 0 Å². The van der Waals surface area contributed by atoms with E-state index in [-0.39, 0.29) is 0 Å². The minimum Gasteiger partial charge on any atom is -0.379 e. The first kappa shape index (κ1) is 13.8. The predicted molar refractivity (Wildman–Crippen MR) is 87.0 cm³/mol. The molecule has 0 unspecified atom stereocenters. The van der Waals surface area contributed by atoms with Gasteiger partial charge in [-0.15, -0.1) is 0 Å². The number of nitrogens with zero attached hydrogens (tertiary/aromatic N) is 3. The normalized spacial score (nSPS) is 10.5. The number of imidazole rings is 1. The van der Waals surface area contributed by atoms with Crippen LogP contribution in [0.2, 0.25) is 0 Å². The number of rotatable bonds is 5. The number of pyridine rings is 1. The van der Waals surface area contributed by atoms with E-state index in [1.807, 2.05) is 30.9 Å². The molecular formula is C16H15BrN4. The summed E-state index contributed by atoms with van der Waals surface area (Å²) in [5.74, 6) is 0. The predicted octanol–water partition coefficient (Wildman–Crippen LogP) is 3.70. The Labute approximate surface area is 132 Å². The van der Waals surface area contributed by atoms with Crippen LogP contribution in [0.1, 0.15) is 11.3 Å². The summed E-state index contributed by atoms with van der Waals surface area (Å²) < 4.78 is 3.05. The van der Waals surface area contributed by atoms with E-state index in [0.717, 1.165) is 22.4 Å². The first-order valence-electron chi connectivity index (χ1n) is 6.68. The van der Waals surface area contributed by atoms with E-state index >= 15 is 0 Å². The largest absolute Gasteiger partial charge is 0.379 e. The molecule has 4 nitrogen and oxygen atoms in total. The van der Waals surface area contributed by atoms with Crippen molar-refractivity contribution in [2.75, 3.05) is 5.32 Å². The van der Waals surface area contributed by atoms with Crippen LogP contribution in [0.3, 0.4) is 0 Å². The van der Waals surface area contributed by atoms with E-state index in [1.54, 1.807) is 6.20 Å². The standard InChI is InChI=1S/C16H15BrN4/c17-14-4-5-16(19-9-14)10-20-15-3-1-2-13(8-15)11-21-7-6-18-12-21/h1-9,12,20H,10-11H2. The summed E-state index contributed by atoms with van der Waals surface area (Å²) in [5, 5.41) is 3.40. The molecule has 1 N–H and O–H groups in total. The number of hydrogen-bond donors (Lipinski definition) is 1. The molecule has 0 aliphatic carbocycles. The van der Waals surface area contributed by atoms with Crippen LogP contribution in [0, 0.1) is 0 Å². The van der Waals surface area contributed by atoms with Crippen LogP contribution >= 0.6 is 15.9 Å². The van der Waals surface area contributed by atoms with Gasteiger partial charge in [-0.25, -0.2) is 4.98 Å². The van der Waals surface area contributed by atoms with Gasteiger partial charge in [0, 0.05) is 35.3 Å². The van der Waals surface area contributed by atoms with Crippen LogP contribution in [-0.4, -0.2) is 14.5 Å². The Balaban J connectivity index is 1.64. The molecule has 2 aromatic heterocycles. The second-order valence-corrected chi connectivity index (χ2v) is 5.67. The molecule has 5 heteroatoms. The van der Waals surface area contributed by atoms with Crippen molar-refractivity contribution >= 4 is 21.6 Å². The monoisotopic (exact) mass is 342 g/mol. The molecule has 0 aliphatic heterocycles. The molecule has 0 spiro atoms. The van der Waals surface area contributed by atoms with Crippen molar-refractivity contribution in [2.45, 2.75) is 13.1 Å². The number of anilines is 1. The third kappa shape index (κ3) is 3.92. The van der Waals surface area contributed by atoms with Gasteiger partial charge in [0.1, 0.15) is 0 Å². The quantitative estimate of drug-likeness (QED) is 0.768. The maximum absolute atomic E-state index is 4.35. The zero-order valence-electron chi connectivity index (χ0n) is 11.4. The first-order valence-corrected chi connectivity index (χ1v) is 7.48. The fourth-order valence-corrected chi connectivity index (χ4v) is 2.31. The van der Waals surface area contributed by atoms with Crippen molar-refractivity contribution in [3.63, 3.8) is 0 Å². The van der Waals surface area contributed by atoms with Crippen molar-refractivity contribution in [2.24, 2.45) is 0 Å². The van der Waals surface area contributed by atoms with Crippen molar-refractivity contribution in [3.8, 4) is 0 Å². The molecule has 0 saturated heterocycles. The van der Waals surface area contributed by atoms with E-state index < -0.39 is 0 Å². The molecular weight excluding hydrogens is 328 g/mol. The van der Waals surface area contributed by atoms with Gasteiger partial charge in [-0.1, -0.05) is 12.1 Å². The SMILES string of the molecule is Brc1ccc(CNc2cccc(Cn3ccnc3)c2)nc1. The third-order valence-corrected chi connectivity index (χ3v) is 3.58. The number of benzene rings is 1. The average molecular weight is 343 g/mol. The van der Waals surface area contributed by atoms with Crippen molar-refractivity contribution in [3.05, 3.63) is 77.0 Å². The zero-order valence-corrected chi connectivity index (χ0v) is 13.0. The lowest BCUT2D eigenvalue weighted by atomic mass is 10.2. The topological polar surface area (TPSA) is 42.7 Å². The number of halogens is 1. The van der Waals surface area contributed by atoms with Crippen LogP contribution in [0.15, 0.2) is 65.8 Å². The lowest BCUT2D eigenvalue weighted by molar-refractivity contribution is 0.797. The van der Waals surface area contributed by atoms with Crippen molar-refractivity contribution in [1.29, 1.82) is 0 Å². The maximum Gasteiger partial charge on any atom is 0.0949 e. The molecule has 0 aliphatic rings. The lowest BCUT2D eigenvalue weighted by Crippen LogP contribution is -2.02. The maximum atomic E-state index is 4.35. The molecule has 21 heavy (non-hydrogen) atoms. The molecule has 2 heterocycles. The van der Waals surface area contributed by atoms with Crippen LogP contribution in [0.4, 0.5) is 5.69 Å². The average Bonchev–Trinajstić information content (AvgIpc) is 3.00. The van der Waals surface area contributed by atoms with Gasteiger partial charge >= 0.3 is 0 Å². The molecule has 0 amide bonds. The van der Waals surface area contributed by atoms with Gasteiger partial charge in [0.2, 0.25) is 0 Å². The van der Waals surface area contributed by atoms with E-state index in [4.69, 9.17) is 0 Å². The highest BCUT2D eigenvalue weighted by atomic mass is 79.9. The third-order valence-electron chi connectivity index (χ3n) is 3.11. The van der Waals surface area contributed by atoms with Gasteiger partial charge in [0.05, 0.1) is 18.6 Å². The van der Waals surface area contributed by atoms with Crippen LogP contribution in [0.5, 0.6) is 0 Å². The molecule has 106 valence electrons. The molecule has 0 fully saturated rings. The summed E-state index contributed by atoms with van der Waals surface area (Å²) in [4.78, 5) is 8.41. The second-order valence-electron chi connectivity index (χ2n) is 4.76. The minimum atomic E-state index is 0.710. The highest BCUT2D eigenvalue weighted by Crippen LogP contribution is 2.14. The molecule has 0 bridgehead atoms. The van der Waals surface area contributed by atoms with Gasteiger partial charge < -0.3 is 9.88 Å². The number of nitrogens with one attached hydrogen (secondary N) is 1. The zero-order chi connectivity index (χ0) is 14.5. The summed E-state index contributed by atoms with van der Waals surface area (Å²) in [6.45, 7) is 1.54. The van der Waals surface area contributed by atoms with Gasteiger partial charge in [-0.3, -0.25) is 4.98 Å². The summed E-state index contributed by atoms with van der Waals surface area (Å²) >= 11 is 3.39. The number of aromatic nitrogens is 3. The Kier molecular flexibility index (Phi) is 4.31. The Morgan fingerprint density at radius 1 is 1.19 bits per heavy atom. The van der Waals surface area contributed by atoms with Gasteiger partial charge in [0.25, 0.3) is 0 Å². The highest BCUT2D eigenvalue weighted by Gasteiger charge is 1.99. The summed E-state index contributed by atoms with van der Waals surface area (Å²) in [5.41, 5.74) is 3.34. The molecule has 1 aromatic carbocycles. The summed E-state index contributed by atoms with van der Waals surface area (Å²) in [7, 11) is 0. The Morgan fingerprint density at radius 3 is 2.90 bits per heavy atom. The lowest BCUT2D eigenvalue weighted by Gasteiger charge is -2.09. The van der Waals surface area contributed by atoms with Crippen LogP contribution < -0.4 is 5.32 Å². The summed E-state index contributed by atoms with van der Waals surface area (Å²) in [6.07, 6.45) is 7.39. The van der Waals surface area contributed by atoms with Crippen LogP contribution in [0.25, 0.3) is 0 Å². The Hall–Kier alpha value is -2.14. The number of hydrogen-bond acceptors (Lipinski definition) is 3. The van der Waals surface area contributed by atoms with Gasteiger partial charge in [0.15, 0.2) is 0 Å². The molecule has 0 radical (unpaired) electrons. The molecule has 0 saturated carbocycles. The Bertz CT molecular complexity index is 693. The molecule has 3 aromatic rings.